The molecule has 0 saturated carbocycles. The van der Waals surface area contributed by atoms with Gasteiger partial charge in [-0.25, -0.2) is 13.2 Å². The van der Waals surface area contributed by atoms with Crippen molar-refractivity contribution in [1.29, 1.82) is 0 Å². The monoisotopic (exact) mass is 328 g/mol. The van der Waals surface area contributed by atoms with Gasteiger partial charge in [-0.15, -0.1) is 0 Å². The molecule has 0 radical (unpaired) electrons. The Labute approximate surface area is 116 Å². The molecule has 2 aromatic carbocycles. The van der Waals surface area contributed by atoms with Crippen LogP contribution >= 0.6 is 15.9 Å². The first-order valence-corrected chi connectivity index (χ1v) is 6.19. The number of hydrogen-bond acceptors (Lipinski definition) is 1. The molecular weight excluding hydrogens is 321 g/mol. The second kappa shape index (κ2) is 5.57. The summed E-state index contributed by atoms with van der Waals surface area (Å²) < 4.78 is 39.8. The van der Waals surface area contributed by atoms with E-state index in [0.717, 1.165) is 6.07 Å². The zero-order valence-corrected chi connectivity index (χ0v) is 11.2. The second-order valence-corrected chi connectivity index (χ2v) is 4.79. The number of halogens is 4. The van der Waals surface area contributed by atoms with E-state index in [4.69, 9.17) is 0 Å². The maximum absolute atomic E-state index is 13.5. The van der Waals surface area contributed by atoms with E-state index in [9.17, 15) is 18.0 Å². The first kappa shape index (κ1) is 13.8. The van der Waals surface area contributed by atoms with Gasteiger partial charge in [0, 0.05) is 10.9 Å². The Bertz CT molecular complexity index is 641. The van der Waals surface area contributed by atoms with Crippen molar-refractivity contribution in [2.45, 2.75) is 6.42 Å². The van der Waals surface area contributed by atoms with Gasteiger partial charge in [0.1, 0.15) is 5.82 Å². The number of rotatable bonds is 3. The fraction of sp³-hybridized carbons (Fsp3) is 0.0714. The lowest BCUT2D eigenvalue weighted by molar-refractivity contribution is 0.0988. The summed E-state index contributed by atoms with van der Waals surface area (Å²) in [7, 11) is 0. The molecule has 5 heteroatoms. The number of carbonyl (C=O) groups is 1. The molecule has 2 rings (SSSR count). The van der Waals surface area contributed by atoms with Crippen LogP contribution < -0.4 is 0 Å². The van der Waals surface area contributed by atoms with Gasteiger partial charge in [0.25, 0.3) is 0 Å². The third-order valence-corrected chi connectivity index (χ3v) is 3.36. The molecule has 0 unspecified atom stereocenters. The maximum Gasteiger partial charge on any atom is 0.170 e. The van der Waals surface area contributed by atoms with Crippen LogP contribution in [-0.4, -0.2) is 5.78 Å². The van der Waals surface area contributed by atoms with E-state index in [-0.39, 0.29) is 12.0 Å². The average Bonchev–Trinajstić information content (AvgIpc) is 2.36. The van der Waals surface area contributed by atoms with Gasteiger partial charge < -0.3 is 0 Å². The zero-order chi connectivity index (χ0) is 14.0. The highest BCUT2D eigenvalue weighted by Gasteiger charge is 2.16. The van der Waals surface area contributed by atoms with Crippen molar-refractivity contribution in [2.24, 2.45) is 0 Å². The van der Waals surface area contributed by atoms with Gasteiger partial charge in [-0.2, -0.15) is 0 Å². The molecular formula is C14H8BrF3O. The molecule has 0 aliphatic carbocycles. The Kier molecular flexibility index (Phi) is 4.04. The summed E-state index contributed by atoms with van der Waals surface area (Å²) in [6, 6.07) is 7.28. The van der Waals surface area contributed by atoms with E-state index in [1.165, 1.54) is 30.3 Å². The lowest BCUT2D eigenvalue weighted by atomic mass is 10.0. The minimum Gasteiger partial charge on any atom is -0.294 e. The molecule has 98 valence electrons. The first-order valence-electron chi connectivity index (χ1n) is 5.40. The minimum absolute atomic E-state index is 0.138. The predicted molar refractivity (Wildman–Crippen MR) is 68.5 cm³/mol. The molecule has 0 atom stereocenters. The van der Waals surface area contributed by atoms with Crippen LogP contribution in [0.4, 0.5) is 13.2 Å². The van der Waals surface area contributed by atoms with Crippen LogP contribution in [0.2, 0.25) is 0 Å². The Morgan fingerprint density at radius 2 is 1.84 bits per heavy atom. The summed E-state index contributed by atoms with van der Waals surface area (Å²) in [5, 5.41) is 0. The van der Waals surface area contributed by atoms with Crippen LogP contribution in [0.5, 0.6) is 0 Å². The molecule has 2 aromatic rings. The minimum atomic E-state index is -1.16. The molecule has 19 heavy (non-hydrogen) atoms. The van der Waals surface area contributed by atoms with Crippen LogP contribution in [0.3, 0.4) is 0 Å². The van der Waals surface area contributed by atoms with Crippen molar-refractivity contribution in [1.82, 2.24) is 0 Å². The van der Waals surface area contributed by atoms with E-state index in [1.807, 2.05) is 0 Å². The molecule has 0 spiro atoms. The molecule has 0 fully saturated rings. The molecule has 0 amide bonds. The Morgan fingerprint density at radius 3 is 2.53 bits per heavy atom. The molecule has 1 nitrogen and oxygen atoms in total. The number of ketones is 1. The van der Waals surface area contributed by atoms with E-state index < -0.39 is 23.2 Å². The summed E-state index contributed by atoms with van der Waals surface area (Å²) in [6.07, 6.45) is -0.138. The van der Waals surface area contributed by atoms with Gasteiger partial charge in [0.15, 0.2) is 17.4 Å². The number of hydrogen-bond donors (Lipinski definition) is 0. The number of carbonyl (C=O) groups excluding carboxylic acids is 1. The van der Waals surface area contributed by atoms with Crippen LogP contribution in [0, 0.1) is 17.5 Å². The quantitative estimate of drug-likeness (QED) is 0.768. The van der Waals surface area contributed by atoms with Gasteiger partial charge in [0.05, 0.1) is 5.56 Å². The van der Waals surface area contributed by atoms with Gasteiger partial charge in [0.2, 0.25) is 0 Å². The summed E-state index contributed by atoms with van der Waals surface area (Å²) in [5.41, 5.74) is 0.200. The van der Waals surface area contributed by atoms with E-state index in [1.54, 1.807) is 0 Å². The smallest absolute Gasteiger partial charge is 0.170 e. The van der Waals surface area contributed by atoms with Crippen LogP contribution in [0.1, 0.15) is 15.9 Å². The van der Waals surface area contributed by atoms with Gasteiger partial charge in [-0.05, 0) is 29.8 Å². The van der Waals surface area contributed by atoms with Crippen LogP contribution in [0.15, 0.2) is 40.9 Å². The molecule has 0 N–H and O–H groups in total. The number of Topliss-reactive ketones (excluding diaryl/α,β-unsaturated/α-hetero) is 1. The van der Waals surface area contributed by atoms with Crippen LogP contribution in [0.25, 0.3) is 0 Å². The van der Waals surface area contributed by atoms with Crippen molar-refractivity contribution in [3.8, 4) is 0 Å². The lowest BCUT2D eigenvalue weighted by Gasteiger charge is -2.05. The highest BCUT2D eigenvalue weighted by atomic mass is 79.9. The maximum atomic E-state index is 13.5. The molecule has 0 saturated heterocycles. The molecule has 0 bridgehead atoms. The van der Waals surface area contributed by atoms with E-state index in [2.05, 4.69) is 15.9 Å². The van der Waals surface area contributed by atoms with Gasteiger partial charge >= 0.3 is 0 Å². The summed E-state index contributed by atoms with van der Waals surface area (Å²) >= 11 is 3.12. The highest BCUT2D eigenvalue weighted by Crippen LogP contribution is 2.21. The molecule has 0 aromatic heterocycles. The Balaban J connectivity index is 2.28. The molecule has 0 aliphatic rings. The summed E-state index contributed by atoms with van der Waals surface area (Å²) in [5.74, 6) is -3.24. The fourth-order valence-electron chi connectivity index (χ4n) is 1.65. The second-order valence-electron chi connectivity index (χ2n) is 3.94. The zero-order valence-electron chi connectivity index (χ0n) is 9.59. The largest absolute Gasteiger partial charge is 0.294 e. The van der Waals surface area contributed by atoms with Crippen molar-refractivity contribution in [3.63, 3.8) is 0 Å². The topological polar surface area (TPSA) is 17.1 Å². The predicted octanol–water partition coefficient (Wildman–Crippen LogP) is 4.29. The van der Waals surface area contributed by atoms with E-state index in [0.29, 0.717) is 10.0 Å². The van der Waals surface area contributed by atoms with Crippen molar-refractivity contribution >= 4 is 21.7 Å². The Hall–Kier alpha value is -1.62. The van der Waals surface area contributed by atoms with E-state index >= 15 is 0 Å². The van der Waals surface area contributed by atoms with Crippen molar-refractivity contribution in [2.75, 3.05) is 0 Å². The lowest BCUT2D eigenvalue weighted by Crippen LogP contribution is -2.08. The summed E-state index contributed by atoms with van der Waals surface area (Å²) in [4.78, 5) is 11.9. The summed E-state index contributed by atoms with van der Waals surface area (Å²) in [6.45, 7) is 0. The number of benzene rings is 2. The Morgan fingerprint density at radius 1 is 1.11 bits per heavy atom. The van der Waals surface area contributed by atoms with Crippen molar-refractivity contribution < 1.29 is 18.0 Å². The molecule has 0 heterocycles. The first-order chi connectivity index (χ1) is 8.99. The third kappa shape index (κ3) is 3.04. The fourth-order valence-corrected chi connectivity index (χ4v) is 2.14. The standard InChI is InChI=1S/C14H8BrF3O/c15-11-7-9(16)5-4-8(11)6-13(19)10-2-1-3-12(17)14(10)18/h1-5,7H,6H2. The third-order valence-electron chi connectivity index (χ3n) is 2.62. The highest BCUT2D eigenvalue weighted by molar-refractivity contribution is 9.10. The SMILES string of the molecule is O=C(Cc1ccc(F)cc1Br)c1cccc(F)c1F. The normalized spacial score (nSPS) is 10.5. The average molecular weight is 329 g/mol. The van der Waals surface area contributed by atoms with Gasteiger partial charge in [-0.3, -0.25) is 4.79 Å². The van der Waals surface area contributed by atoms with Crippen LogP contribution in [-0.2, 0) is 6.42 Å². The molecule has 0 aliphatic heterocycles. The van der Waals surface area contributed by atoms with Crippen molar-refractivity contribution in [3.05, 3.63) is 69.4 Å². The van der Waals surface area contributed by atoms with Gasteiger partial charge in [-0.1, -0.05) is 28.1 Å².